The number of nitrogens with one attached hydrogen (secondary N) is 1. The largest absolute Gasteiger partial charge is 0.379 e. The number of rotatable bonds is 1. The molecule has 0 aromatic carbocycles. The van der Waals surface area contributed by atoms with Gasteiger partial charge < -0.3 is 4.74 Å². The summed E-state index contributed by atoms with van der Waals surface area (Å²) in [5, 5.41) is 0.105. The van der Waals surface area contributed by atoms with E-state index in [2.05, 4.69) is 4.98 Å². The van der Waals surface area contributed by atoms with Crippen molar-refractivity contribution in [3.8, 4) is 0 Å². The summed E-state index contributed by atoms with van der Waals surface area (Å²) in [6.45, 7) is 4.36. The van der Waals surface area contributed by atoms with Crippen LogP contribution in [-0.2, 0) is 10.3 Å². The third kappa shape index (κ3) is 1.60. The van der Waals surface area contributed by atoms with E-state index in [-0.39, 0.29) is 10.7 Å². The Morgan fingerprint density at radius 3 is 2.75 bits per heavy atom. The molecule has 0 saturated carbocycles. The van der Waals surface area contributed by atoms with Crippen LogP contribution in [0.1, 0.15) is 18.9 Å². The molecule has 88 valence electrons. The first-order valence-electron chi connectivity index (χ1n) is 5.05. The fraction of sp³-hybridized carbons (Fsp3) is 0.600. The molecule has 1 saturated heterocycles. The van der Waals surface area contributed by atoms with Gasteiger partial charge in [0.2, 0.25) is 0 Å². The summed E-state index contributed by atoms with van der Waals surface area (Å²) in [4.78, 5) is 26.2. The average Bonchev–Trinajstić information content (AvgIpc) is 2.62. The maximum Gasteiger partial charge on any atom is 0.330 e. The van der Waals surface area contributed by atoms with Gasteiger partial charge in [-0.25, -0.2) is 4.79 Å². The van der Waals surface area contributed by atoms with Crippen molar-refractivity contribution in [3.05, 3.63) is 31.6 Å². The first kappa shape index (κ1) is 11.4. The Balaban J connectivity index is 2.70. The van der Waals surface area contributed by atoms with Crippen LogP contribution in [0.15, 0.2) is 9.59 Å². The monoisotopic (exact) mass is 244 g/mol. The summed E-state index contributed by atoms with van der Waals surface area (Å²) >= 11 is 5.74. The number of hydrogen-bond acceptors (Lipinski definition) is 3. The van der Waals surface area contributed by atoms with E-state index in [4.69, 9.17) is 16.3 Å². The van der Waals surface area contributed by atoms with E-state index in [1.54, 1.807) is 6.92 Å². The van der Waals surface area contributed by atoms with Crippen LogP contribution in [0.2, 0.25) is 5.15 Å². The molecule has 2 heterocycles. The lowest BCUT2D eigenvalue weighted by Gasteiger charge is -2.24. The number of nitrogens with zero attached hydrogens (tertiary/aromatic N) is 1. The standard InChI is InChI=1S/C10H13ClN2O3/c1-6-7(11)12-9(15)13(8(6)14)10(2)3-4-16-5-10/h3-5H2,1-2H3,(H,12,15). The molecule has 1 unspecified atom stereocenters. The first-order valence-corrected chi connectivity index (χ1v) is 5.43. The molecule has 0 amide bonds. The maximum atomic E-state index is 12.0. The van der Waals surface area contributed by atoms with Gasteiger partial charge in [0.1, 0.15) is 5.15 Å². The molecule has 16 heavy (non-hydrogen) atoms. The molecular formula is C10H13ClN2O3. The van der Waals surface area contributed by atoms with Crippen molar-refractivity contribution in [2.75, 3.05) is 13.2 Å². The Kier molecular flexibility index (Phi) is 2.67. The topological polar surface area (TPSA) is 64.1 Å². The summed E-state index contributed by atoms with van der Waals surface area (Å²) < 4.78 is 6.46. The van der Waals surface area contributed by atoms with Gasteiger partial charge >= 0.3 is 5.69 Å². The highest BCUT2D eigenvalue weighted by molar-refractivity contribution is 6.30. The van der Waals surface area contributed by atoms with Crippen molar-refractivity contribution in [2.24, 2.45) is 0 Å². The second-order valence-corrected chi connectivity index (χ2v) is 4.69. The van der Waals surface area contributed by atoms with Gasteiger partial charge in [0.15, 0.2) is 0 Å². The molecule has 1 aliphatic rings. The minimum absolute atomic E-state index is 0.105. The predicted molar refractivity (Wildman–Crippen MR) is 60.2 cm³/mol. The lowest BCUT2D eigenvalue weighted by atomic mass is 10.0. The molecule has 2 rings (SSSR count). The number of ether oxygens (including phenoxy) is 1. The Morgan fingerprint density at radius 1 is 1.50 bits per heavy atom. The zero-order valence-corrected chi connectivity index (χ0v) is 9.93. The van der Waals surface area contributed by atoms with Crippen LogP contribution in [0.4, 0.5) is 0 Å². The SMILES string of the molecule is Cc1c(Cl)[nH]c(=O)n(C2(C)CCOC2)c1=O. The van der Waals surface area contributed by atoms with Crippen LogP contribution >= 0.6 is 11.6 Å². The predicted octanol–water partition coefficient (Wildman–Crippen LogP) is 0.634. The highest BCUT2D eigenvalue weighted by Crippen LogP contribution is 2.23. The lowest BCUT2D eigenvalue weighted by molar-refractivity contribution is 0.157. The van der Waals surface area contributed by atoms with Gasteiger partial charge in [-0.1, -0.05) is 11.6 Å². The molecule has 0 spiro atoms. The number of aromatic nitrogens is 2. The zero-order chi connectivity index (χ0) is 11.9. The minimum Gasteiger partial charge on any atom is -0.379 e. The van der Waals surface area contributed by atoms with Crippen molar-refractivity contribution in [1.29, 1.82) is 0 Å². The van der Waals surface area contributed by atoms with Crippen LogP contribution in [0, 0.1) is 6.92 Å². The van der Waals surface area contributed by atoms with E-state index in [0.29, 0.717) is 25.2 Å². The molecular weight excluding hydrogens is 232 g/mol. The fourth-order valence-corrected chi connectivity index (χ4v) is 2.08. The average molecular weight is 245 g/mol. The van der Waals surface area contributed by atoms with Crippen LogP contribution in [0.25, 0.3) is 0 Å². The molecule has 1 aromatic heterocycles. The van der Waals surface area contributed by atoms with Gasteiger partial charge in [-0.2, -0.15) is 0 Å². The van der Waals surface area contributed by atoms with Crippen molar-refractivity contribution < 1.29 is 4.74 Å². The van der Waals surface area contributed by atoms with Crippen LogP contribution in [0.5, 0.6) is 0 Å². The highest BCUT2D eigenvalue weighted by Gasteiger charge is 2.34. The van der Waals surface area contributed by atoms with E-state index in [0.717, 1.165) is 0 Å². The number of H-pyrrole nitrogens is 1. The molecule has 0 aliphatic carbocycles. The quantitative estimate of drug-likeness (QED) is 0.737. The minimum atomic E-state index is -0.569. The molecule has 1 fully saturated rings. The van der Waals surface area contributed by atoms with Crippen molar-refractivity contribution in [1.82, 2.24) is 9.55 Å². The van der Waals surface area contributed by atoms with Gasteiger partial charge in [-0.3, -0.25) is 14.3 Å². The Labute approximate surface area is 97.0 Å². The Hall–Kier alpha value is -1.07. The summed E-state index contributed by atoms with van der Waals surface area (Å²) in [6.07, 6.45) is 0.650. The fourth-order valence-electron chi connectivity index (χ4n) is 1.92. The zero-order valence-electron chi connectivity index (χ0n) is 9.17. The summed E-state index contributed by atoms with van der Waals surface area (Å²) in [6, 6.07) is 0. The third-order valence-corrected chi connectivity index (χ3v) is 3.39. The van der Waals surface area contributed by atoms with E-state index in [1.807, 2.05) is 6.92 Å². The van der Waals surface area contributed by atoms with E-state index in [1.165, 1.54) is 4.57 Å². The first-order chi connectivity index (χ1) is 7.46. The number of halogens is 1. The summed E-state index contributed by atoms with van der Waals surface area (Å²) in [7, 11) is 0. The van der Waals surface area contributed by atoms with Crippen molar-refractivity contribution in [3.63, 3.8) is 0 Å². The molecule has 1 aromatic rings. The molecule has 0 radical (unpaired) electrons. The molecule has 5 nitrogen and oxygen atoms in total. The second-order valence-electron chi connectivity index (χ2n) is 4.31. The molecule has 1 aliphatic heterocycles. The van der Waals surface area contributed by atoms with Crippen LogP contribution in [0.3, 0.4) is 0 Å². The molecule has 0 bridgehead atoms. The highest BCUT2D eigenvalue weighted by atomic mass is 35.5. The van der Waals surface area contributed by atoms with Crippen LogP contribution in [-0.4, -0.2) is 22.8 Å². The Bertz CT molecular complexity index is 526. The molecule has 6 heteroatoms. The Morgan fingerprint density at radius 2 is 2.19 bits per heavy atom. The van der Waals surface area contributed by atoms with Crippen molar-refractivity contribution >= 4 is 11.6 Å². The van der Waals surface area contributed by atoms with E-state index in [9.17, 15) is 9.59 Å². The van der Waals surface area contributed by atoms with Gasteiger partial charge in [-0.15, -0.1) is 0 Å². The smallest absolute Gasteiger partial charge is 0.330 e. The third-order valence-electron chi connectivity index (χ3n) is 3.01. The summed E-state index contributed by atoms with van der Waals surface area (Å²) in [5.74, 6) is 0. The number of hydrogen-bond donors (Lipinski definition) is 1. The van der Waals surface area contributed by atoms with E-state index < -0.39 is 11.2 Å². The van der Waals surface area contributed by atoms with Gasteiger partial charge in [-0.05, 0) is 20.3 Å². The maximum absolute atomic E-state index is 12.0. The summed E-state index contributed by atoms with van der Waals surface area (Å²) in [5.41, 5.74) is -1.04. The van der Waals surface area contributed by atoms with Gasteiger partial charge in [0.25, 0.3) is 5.56 Å². The normalized spacial score (nSPS) is 24.9. The van der Waals surface area contributed by atoms with Gasteiger partial charge in [0, 0.05) is 12.2 Å². The molecule has 1 N–H and O–H groups in total. The molecule has 1 atom stereocenters. The van der Waals surface area contributed by atoms with Crippen molar-refractivity contribution in [2.45, 2.75) is 25.8 Å². The van der Waals surface area contributed by atoms with E-state index >= 15 is 0 Å². The van der Waals surface area contributed by atoms with Crippen LogP contribution < -0.4 is 11.2 Å². The van der Waals surface area contributed by atoms with Gasteiger partial charge in [0.05, 0.1) is 12.1 Å². The number of aromatic amines is 1. The second kappa shape index (κ2) is 3.75. The lowest BCUT2D eigenvalue weighted by Crippen LogP contribution is -2.49.